The van der Waals surface area contributed by atoms with Crippen LogP contribution in [0.2, 0.25) is 0 Å². The Kier molecular flexibility index (Phi) is 4.80. The van der Waals surface area contributed by atoms with Gasteiger partial charge in [0.1, 0.15) is 5.76 Å². The van der Waals surface area contributed by atoms with Crippen LogP contribution >= 0.6 is 11.3 Å². The number of amides is 2. The molecule has 134 valence electrons. The number of hydrogen-bond acceptors (Lipinski definition) is 3. The first-order valence-corrected chi connectivity index (χ1v) is 9.76. The summed E-state index contributed by atoms with van der Waals surface area (Å²) in [7, 11) is 0. The van der Waals surface area contributed by atoms with Gasteiger partial charge in [0, 0.05) is 16.8 Å². The van der Waals surface area contributed by atoms with E-state index in [0.29, 0.717) is 19.6 Å². The van der Waals surface area contributed by atoms with Crippen molar-refractivity contribution in [3.63, 3.8) is 0 Å². The van der Waals surface area contributed by atoms with Gasteiger partial charge < -0.3 is 14.6 Å². The first-order chi connectivity index (χ1) is 12.8. The lowest BCUT2D eigenvalue weighted by molar-refractivity contribution is 0.187. The fraction of sp³-hybridized carbons (Fsp3) is 0.286. The summed E-state index contributed by atoms with van der Waals surface area (Å²) in [5.41, 5.74) is 1.42. The smallest absolute Gasteiger partial charge is 0.318 e. The number of urea groups is 1. The van der Waals surface area contributed by atoms with Crippen molar-refractivity contribution in [2.75, 3.05) is 6.54 Å². The van der Waals surface area contributed by atoms with E-state index < -0.39 is 0 Å². The number of nitrogens with zero attached hydrogens (tertiary/aromatic N) is 1. The Hall–Kier alpha value is -2.53. The van der Waals surface area contributed by atoms with E-state index in [2.05, 4.69) is 35.6 Å². The molecule has 1 aromatic carbocycles. The first-order valence-electron chi connectivity index (χ1n) is 8.88. The normalized spacial score (nSPS) is 14.8. The average Bonchev–Trinajstić information content (AvgIpc) is 3.05. The van der Waals surface area contributed by atoms with E-state index in [1.807, 2.05) is 34.5 Å². The fourth-order valence-electron chi connectivity index (χ4n) is 3.25. The topological polar surface area (TPSA) is 45.5 Å². The summed E-state index contributed by atoms with van der Waals surface area (Å²) in [6.45, 7) is 1.73. The zero-order valence-electron chi connectivity index (χ0n) is 14.6. The van der Waals surface area contributed by atoms with Crippen molar-refractivity contribution in [1.29, 1.82) is 0 Å². The highest BCUT2D eigenvalue weighted by Gasteiger charge is 2.44. The molecule has 0 aliphatic heterocycles. The van der Waals surface area contributed by atoms with Crippen molar-refractivity contribution in [2.24, 2.45) is 0 Å². The average molecular weight is 366 g/mol. The van der Waals surface area contributed by atoms with Gasteiger partial charge in [0.2, 0.25) is 0 Å². The summed E-state index contributed by atoms with van der Waals surface area (Å²) >= 11 is 1.66. The molecule has 1 saturated carbocycles. The number of rotatable bonds is 7. The summed E-state index contributed by atoms with van der Waals surface area (Å²) in [4.78, 5) is 15.9. The van der Waals surface area contributed by atoms with Gasteiger partial charge in [0.05, 0.1) is 19.4 Å². The molecule has 2 aromatic heterocycles. The zero-order chi connectivity index (χ0) is 17.8. The second kappa shape index (κ2) is 7.38. The van der Waals surface area contributed by atoms with Gasteiger partial charge >= 0.3 is 6.03 Å². The predicted octanol–water partition coefficient (Wildman–Crippen LogP) is 4.78. The highest BCUT2D eigenvalue weighted by atomic mass is 32.1. The number of benzene rings is 1. The maximum atomic E-state index is 12.9. The van der Waals surface area contributed by atoms with Crippen LogP contribution in [0.1, 0.15) is 29.0 Å². The number of carbonyl (C=O) groups is 1. The molecule has 4 nitrogen and oxygen atoms in total. The molecule has 0 bridgehead atoms. The maximum absolute atomic E-state index is 12.9. The lowest BCUT2D eigenvalue weighted by atomic mass is 9.96. The lowest BCUT2D eigenvalue weighted by Gasteiger charge is -2.24. The maximum Gasteiger partial charge on any atom is 0.318 e. The molecule has 1 fully saturated rings. The summed E-state index contributed by atoms with van der Waals surface area (Å²) in [6, 6.07) is 18.3. The van der Waals surface area contributed by atoms with Crippen LogP contribution in [0.4, 0.5) is 4.79 Å². The van der Waals surface area contributed by atoms with Crippen LogP contribution in [-0.4, -0.2) is 17.5 Å². The zero-order valence-corrected chi connectivity index (χ0v) is 15.4. The van der Waals surface area contributed by atoms with Crippen LogP contribution in [0.5, 0.6) is 0 Å². The number of nitrogens with one attached hydrogen (secondary N) is 1. The number of hydrogen-bond donors (Lipinski definition) is 1. The molecule has 5 heteroatoms. The standard InChI is InChI=1S/C21H22N2O2S/c24-20(22-16-21(10-11-21)17-6-2-1-3-7-17)23(14-18-8-4-12-25-18)15-19-9-5-13-26-19/h1-9,12-13H,10-11,14-16H2,(H,22,24). The largest absolute Gasteiger partial charge is 0.467 e. The minimum atomic E-state index is -0.0444. The van der Waals surface area contributed by atoms with E-state index in [1.165, 1.54) is 5.56 Å². The monoisotopic (exact) mass is 366 g/mol. The van der Waals surface area contributed by atoms with Crippen molar-refractivity contribution >= 4 is 17.4 Å². The minimum Gasteiger partial charge on any atom is -0.467 e. The van der Waals surface area contributed by atoms with E-state index in [9.17, 15) is 4.79 Å². The molecule has 0 atom stereocenters. The van der Waals surface area contributed by atoms with Crippen molar-refractivity contribution < 1.29 is 9.21 Å². The minimum absolute atomic E-state index is 0.0444. The molecule has 0 radical (unpaired) electrons. The van der Waals surface area contributed by atoms with Crippen LogP contribution < -0.4 is 5.32 Å². The summed E-state index contributed by atoms with van der Waals surface area (Å²) < 4.78 is 5.44. The molecule has 2 amide bonds. The molecule has 0 spiro atoms. The van der Waals surface area contributed by atoms with Crippen LogP contribution in [0.3, 0.4) is 0 Å². The number of furan rings is 1. The van der Waals surface area contributed by atoms with E-state index in [0.717, 1.165) is 23.5 Å². The molecule has 0 unspecified atom stereocenters. The van der Waals surface area contributed by atoms with Crippen molar-refractivity contribution in [2.45, 2.75) is 31.3 Å². The van der Waals surface area contributed by atoms with Gasteiger partial charge in [-0.05, 0) is 42.0 Å². The van der Waals surface area contributed by atoms with E-state index in [1.54, 1.807) is 17.6 Å². The predicted molar refractivity (Wildman–Crippen MR) is 103 cm³/mol. The molecule has 1 aliphatic carbocycles. The molecule has 1 N–H and O–H groups in total. The van der Waals surface area contributed by atoms with Crippen LogP contribution in [-0.2, 0) is 18.5 Å². The summed E-state index contributed by atoms with van der Waals surface area (Å²) in [6.07, 6.45) is 3.89. The van der Waals surface area contributed by atoms with Crippen molar-refractivity contribution in [3.8, 4) is 0 Å². The van der Waals surface area contributed by atoms with Gasteiger partial charge in [-0.25, -0.2) is 4.79 Å². The van der Waals surface area contributed by atoms with Gasteiger partial charge in [-0.15, -0.1) is 11.3 Å². The Labute approximate surface area is 157 Å². The molecular weight excluding hydrogens is 344 g/mol. The second-order valence-electron chi connectivity index (χ2n) is 6.82. The third-order valence-electron chi connectivity index (χ3n) is 4.96. The van der Waals surface area contributed by atoms with Crippen molar-refractivity contribution in [1.82, 2.24) is 10.2 Å². The molecule has 26 heavy (non-hydrogen) atoms. The Morgan fingerprint density at radius 3 is 2.58 bits per heavy atom. The highest BCUT2D eigenvalue weighted by Crippen LogP contribution is 2.47. The SMILES string of the molecule is O=C(NCC1(c2ccccc2)CC1)N(Cc1ccco1)Cc1cccs1. The van der Waals surface area contributed by atoms with Gasteiger partial charge in [-0.1, -0.05) is 36.4 Å². The molecule has 2 heterocycles. The molecule has 1 aliphatic rings. The van der Waals surface area contributed by atoms with Gasteiger partial charge in [-0.2, -0.15) is 0 Å². The summed E-state index contributed by atoms with van der Waals surface area (Å²) in [5, 5.41) is 5.19. The Balaban J connectivity index is 1.42. The molecule has 4 rings (SSSR count). The van der Waals surface area contributed by atoms with Gasteiger partial charge in [-0.3, -0.25) is 0 Å². The van der Waals surface area contributed by atoms with Crippen LogP contribution in [0.25, 0.3) is 0 Å². The second-order valence-corrected chi connectivity index (χ2v) is 7.85. The first kappa shape index (κ1) is 16.9. The van der Waals surface area contributed by atoms with Crippen LogP contribution in [0.15, 0.2) is 70.7 Å². The quantitative estimate of drug-likeness (QED) is 0.654. The van der Waals surface area contributed by atoms with E-state index in [4.69, 9.17) is 4.42 Å². The lowest BCUT2D eigenvalue weighted by Crippen LogP contribution is -2.42. The Bertz CT molecular complexity index is 788. The molecular formula is C21H22N2O2S. The number of carbonyl (C=O) groups excluding carboxylic acids is 1. The fourth-order valence-corrected chi connectivity index (χ4v) is 3.97. The molecule has 3 aromatic rings. The van der Waals surface area contributed by atoms with Crippen LogP contribution in [0, 0.1) is 0 Å². The third-order valence-corrected chi connectivity index (χ3v) is 5.82. The van der Waals surface area contributed by atoms with E-state index >= 15 is 0 Å². The van der Waals surface area contributed by atoms with E-state index in [-0.39, 0.29) is 11.4 Å². The molecule has 0 saturated heterocycles. The Morgan fingerprint density at radius 2 is 1.92 bits per heavy atom. The van der Waals surface area contributed by atoms with Crippen molar-refractivity contribution in [3.05, 3.63) is 82.4 Å². The highest BCUT2D eigenvalue weighted by molar-refractivity contribution is 7.09. The van der Waals surface area contributed by atoms with Gasteiger partial charge in [0.25, 0.3) is 0 Å². The number of thiophene rings is 1. The summed E-state index contributed by atoms with van der Waals surface area (Å²) in [5.74, 6) is 0.793. The third kappa shape index (κ3) is 3.83. The Morgan fingerprint density at radius 1 is 1.08 bits per heavy atom. The van der Waals surface area contributed by atoms with Gasteiger partial charge in [0.15, 0.2) is 0 Å².